The number of carboxylic acids is 1. The minimum atomic E-state index is -0.769. The van der Waals surface area contributed by atoms with E-state index in [0.29, 0.717) is 24.6 Å². The SMILES string of the molecule is CC(C)[C@@H]1CN(c2cncc(C(=O)N3CCCCC3)n2)C[C@H]1C(=O)O. The van der Waals surface area contributed by atoms with Gasteiger partial charge in [0.2, 0.25) is 0 Å². The monoisotopic (exact) mass is 346 g/mol. The number of carboxylic acid groups (broad SMARTS) is 1. The smallest absolute Gasteiger partial charge is 0.308 e. The molecule has 25 heavy (non-hydrogen) atoms. The molecule has 2 atom stereocenters. The number of piperidine rings is 1. The molecule has 2 fully saturated rings. The normalized spacial score (nSPS) is 24.0. The van der Waals surface area contributed by atoms with Crippen LogP contribution >= 0.6 is 0 Å². The zero-order valence-electron chi connectivity index (χ0n) is 14.9. The Morgan fingerprint density at radius 3 is 2.48 bits per heavy atom. The van der Waals surface area contributed by atoms with Crippen LogP contribution in [-0.4, -0.2) is 58.0 Å². The van der Waals surface area contributed by atoms with Crippen LogP contribution in [0.1, 0.15) is 43.6 Å². The quantitative estimate of drug-likeness (QED) is 0.896. The molecule has 3 rings (SSSR count). The first kappa shape index (κ1) is 17.6. The van der Waals surface area contributed by atoms with Crippen LogP contribution in [0, 0.1) is 17.8 Å². The van der Waals surface area contributed by atoms with E-state index in [1.807, 2.05) is 23.6 Å². The minimum absolute atomic E-state index is 0.0701. The van der Waals surface area contributed by atoms with E-state index in [1.54, 1.807) is 6.20 Å². The molecular weight excluding hydrogens is 320 g/mol. The van der Waals surface area contributed by atoms with Gasteiger partial charge in [0.25, 0.3) is 5.91 Å². The van der Waals surface area contributed by atoms with Crippen molar-refractivity contribution in [2.75, 3.05) is 31.1 Å². The lowest BCUT2D eigenvalue weighted by Crippen LogP contribution is -2.36. The minimum Gasteiger partial charge on any atom is -0.481 e. The van der Waals surface area contributed by atoms with Gasteiger partial charge in [0.1, 0.15) is 11.5 Å². The van der Waals surface area contributed by atoms with Crippen LogP contribution in [0.3, 0.4) is 0 Å². The Labute approximate surface area is 148 Å². The number of aliphatic carboxylic acids is 1. The Balaban J connectivity index is 1.77. The summed E-state index contributed by atoms with van der Waals surface area (Å²) in [4.78, 5) is 36.6. The summed E-state index contributed by atoms with van der Waals surface area (Å²) in [6, 6.07) is 0. The first-order valence-electron chi connectivity index (χ1n) is 9.06. The number of anilines is 1. The highest BCUT2D eigenvalue weighted by atomic mass is 16.4. The van der Waals surface area contributed by atoms with Crippen LogP contribution < -0.4 is 4.90 Å². The van der Waals surface area contributed by atoms with E-state index < -0.39 is 11.9 Å². The predicted molar refractivity (Wildman–Crippen MR) is 93.5 cm³/mol. The highest BCUT2D eigenvalue weighted by molar-refractivity contribution is 5.92. The second-order valence-electron chi connectivity index (χ2n) is 7.37. The number of amides is 1. The van der Waals surface area contributed by atoms with Gasteiger partial charge in [0.05, 0.1) is 18.3 Å². The fourth-order valence-electron chi connectivity index (χ4n) is 3.82. The Morgan fingerprint density at radius 2 is 1.88 bits per heavy atom. The Bertz CT molecular complexity index is 643. The molecule has 1 amide bonds. The molecule has 2 saturated heterocycles. The lowest BCUT2D eigenvalue weighted by atomic mass is 9.86. The van der Waals surface area contributed by atoms with Crippen molar-refractivity contribution in [1.29, 1.82) is 0 Å². The van der Waals surface area contributed by atoms with Crippen molar-refractivity contribution >= 4 is 17.7 Å². The third kappa shape index (κ3) is 3.75. The fraction of sp³-hybridized carbons (Fsp3) is 0.667. The van der Waals surface area contributed by atoms with Crippen molar-refractivity contribution in [3.63, 3.8) is 0 Å². The number of hydrogen-bond donors (Lipinski definition) is 1. The van der Waals surface area contributed by atoms with Crippen LogP contribution in [0.25, 0.3) is 0 Å². The standard InChI is InChI=1S/C18H26N4O3/c1-12(2)13-10-22(11-14(13)18(24)25)16-9-19-8-15(20-16)17(23)21-6-4-3-5-7-21/h8-9,12-14H,3-7,10-11H2,1-2H3,(H,24,25)/t13-,14+/m0/s1. The maximum atomic E-state index is 12.6. The zero-order chi connectivity index (χ0) is 18.0. The van der Waals surface area contributed by atoms with Gasteiger partial charge in [0.15, 0.2) is 0 Å². The lowest BCUT2D eigenvalue weighted by Gasteiger charge is -2.26. The predicted octanol–water partition coefficient (Wildman–Crippen LogP) is 1.90. The summed E-state index contributed by atoms with van der Waals surface area (Å²) < 4.78 is 0. The molecule has 0 aromatic carbocycles. The largest absolute Gasteiger partial charge is 0.481 e. The first-order valence-corrected chi connectivity index (χ1v) is 9.06. The van der Waals surface area contributed by atoms with Crippen molar-refractivity contribution in [2.24, 2.45) is 17.8 Å². The summed E-state index contributed by atoms with van der Waals surface area (Å²) in [6.45, 7) is 6.67. The van der Waals surface area contributed by atoms with Gasteiger partial charge in [0, 0.05) is 26.2 Å². The first-order chi connectivity index (χ1) is 12.0. The molecule has 0 saturated carbocycles. The molecule has 0 spiro atoms. The number of carbonyl (C=O) groups is 2. The summed E-state index contributed by atoms with van der Waals surface area (Å²) in [7, 11) is 0. The molecule has 1 N–H and O–H groups in total. The molecule has 2 aliphatic rings. The molecule has 1 aromatic heterocycles. The number of aromatic nitrogens is 2. The maximum absolute atomic E-state index is 12.6. The molecule has 0 radical (unpaired) electrons. The molecule has 2 aliphatic heterocycles. The second-order valence-corrected chi connectivity index (χ2v) is 7.37. The average molecular weight is 346 g/mol. The van der Waals surface area contributed by atoms with E-state index in [2.05, 4.69) is 9.97 Å². The number of likely N-dealkylation sites (tertiary alicyclic amines) is 1. The summed E-state index contributed by atoms with van der Waals surface area (Å²) in [5, 5.41) is 9.49. The van der Waals surface area contributed by atoms with Crippen LogP contribution in [0.2, 0.25) is 0 Å². The highest BCUT2D eigenvalue weighted by Gasteiger charge is 2.40. The van der Waals surface area contributed by atoms with Crippen LogP contribution in [0.15, 0.2) is 12.4 Å². The van der Waals surface area contributed by atoms with Gasteiger partial charge in [-0.3, -0.25) is 14.6 Å². The Morgan fingerprint density at radius 1 is 1.16 bits per heavy atom. The van der Waals surface area contributed by atoms with Gasteiger partial charge < -0.3 is 14.9 Å². The molecule has 3 heterocycles. The van der Waals surface area contributed by atoms with Crippen LogP contribution in [-0.2, 0) is 4.79 Å². The average Bonchev–Trinajstić information content (AvgIpc) is 3.08. The summed E-state index contributed by atoms with van der Waals surface area (Å²) in [6.07, 6.45) is 6.35. The van der Waals surface area contributed by atoms with Gasteiger partial charge in [-0.15, -0.1) is 0 Å². The number of carbonyl (C=O) groups excluding carboxylic acids is 1. The molecule has 1 aromatic rings. The van der Waals surface area contributed by atoms with Crippen molar-refractivity contribution in [3.05, 3.63) is 18.1 Å². The van der Waals surface area contributed by atoms with Crippen LogP contribution in [0.5, 0.6) is 0 Å². The van der Waals surface area contributed by atoms with Crippen molar-refractivity contribution < 1.29 is 14.7 Å². The lowest BCUT2D eigenvalue weighted by molar-refractivity contribution is -0.142. The zero-order valence-corrected chi connectivity index (χ0v) is 14.9. The number of rotatable bonds is 4. The van der Waals surface area contributed by atoms with Crippen LogP contribution in [0.4, 0.5) is 5.82 Å². The molecule has 0 aliphatic carbocycles. The maximum Gasteiger partial charge on any atom is 0.308 e. The van der Waals surface area contributed by atoms with Gasteiger partial charge in [-0.2, -0.15) is 0 Å². The third-order valence-corrected chi connectivity index (χ3v) is 5.35. The van der Waals surface area contributed by atoms with Gasteiger partial charge in [-0.1, -0.05) is 13.8 Å². The summed E-state index contributed by atoms with van der Waals surface area (Å²) in [5.41, 5.74) is 0.347. The van der Waals surface area contributed by atoms with Crippen molar-refractivity contribution in [3.8, 4) is 0 Å². The Kier molecular flexibility index (Phi) is 5.20. The second kappa shape index (κ2) is 7.37. The summed E-state index contributed by atoms with van der Waals surface area (Å²) >= 11 is 0. The molecule has 7 heteroatoms. The Hall–Kier alpha value is -2.18. The number of nitrogens with zero attached hydrogens (tertiary/aromatic N) is 4. The van der Waals surface area contributed by atoms with E-state index >= 15 is 0 Å². The molecule has 7 nitrogen and oxygen atoms in total. The molecule has 0 bridgehead atoms. The van der Waals surface area contributed by atoms with Gasteiger partial charge >= 0.3 is 5.97 Å². The third-order valence-electron chi connectivity index (χ3n) is 5.35. The molecule has 0 unspecified atom stereocenters. The summed E-state index contributed by atoms with van der Waals surface area (Å²) in [5.74, 6) is -0.323. The topological polar surface area (TPSA) is 86.6 Å². The van der Waals surface area contributed by atoms with E-state index in [1.165, 1.54) is 6.20 Å². The fourth-order valence-corrected chi connectivity index (χ4v) is 3.82. The highest BCUT2D eigenvalue weighted by Crippen LogP contribution is 2.32. The van der Waals surface area contributed by atoms with E-state index in [4.69, 9.17) is 0 Å². The van der Waals surface area contributed by atoms with Crippen molar-refractivity contribution in [2.45, 2.75) is 33.1 Å². The van der Waals surface area contributed by atoms with Gasteiger partial charge in [-0.25, -0.2) is 4.98 Å². The molecular formula is C18H26N4O3. The van der Waals surface area contributed by atoms with E-state index in [0.717, 1.165) is 32.4 Å². The van der Waals surface area contributed by atoms with Crippen molar-refractivity contribution in [1.82, 2.24) is 14.9 Å². The van der Waals surface area contributed by atoms with E-state index in [-0.39, 0.29) is 17.7 Å². The molecule has 136 valence electrons. The van der Waals surface area contributed by atoms with Gasteiger partial charge in [-0.05, 0) is 31.1 Å². The number of hydrogen-bond acceptors (Lipinski definition) is 5. The van der Waals surface area contributed by atoms with E-state index in [9.17, 15) is 14.7 Å².